The van der Waals surface area contributed by atoms with Crippen molar-refractivity contribution in [2.75, 3.05) is 12.4 Å². The first kappa shape index (κ1) is 12.9. The van der Waals surface area contributed by atoms with Crippen LogP contribution in [0.2, 0.25) is 0 Å². The number of carbonyl (C=O) groups is 1. The predicted molar refractivity (Wildman–Crippen MR) is 78.6 cm³/mol. The molecule has 5 heteroatoms. The molecule has 2 rings (SSSR count). The van der Waals surface area contributed by atoms with Crippen LogP contribution < -0.4 is 10.6 Å². The van der Waals surface area contributed by atoms with Crippen LogP contribution in [-0.4, -0.2) is 13.0 Å². The van der Waals surface area contributed by atoms with E-state index < -0.39 is 0 Å². The third kappa shape index (κ3) is 3.25. The molecule has 0 spiro atoms. The van der Waals surface area contributed by atoms with Gasteiger partial charge in [-0.3, -0.25) is 4.79 Å². The first-order valence-corrected chi connectivity index (χ1v) is 6.57. The summed E-state index contributed by atoms with van der Waals surface area (Å²) in [5.41, 5.74) is 1.60. The van der Waals surface area contributed by atoms with Crippen LogP contribution in [0.4, 0.5) is 5.69 Å². The van der Waals surface area contributed by atoms with Gasteiger partial charge in [0.1, 0.15) is 5.76 Å². The van der Waals surface area contributed by atoms with Gasteiger partial charge in [0.25, 0.3) is 5.91 Å². The zero-order valence-electron chi connectivity index (χ0n) is 9.87. The van der Waals surface area contributed by atoms with E-state index in [1.165, 1.54) is 0 Å². The van der Waals surface area contributed by atoms with Gasteiger partial charge in [-0.1, -0.05) is 0 Å². The van der Waals surface area contributed by atoms with Crippen LogP contribution >= 0.6 is 22.6 Å². The Bertz CT molecular complexity index is 534. The molecule has 0 radical (unpaired) electrons. The van der Waals surface area contributed by atoms with Crippen LogP contribution in [0, 0.1) is 3.77 Å². The molecule has 0 atom stereocenters. The van der Waals surface area contributed by atoms with Crippen LogP contribution in [0.3, 0.4) is 0 Å². The molecule has 0 saturated heterocycles. The zero-order chi connectivity index (χ0) is 13.0. The van der Waals surface area contributed by atoms with Gasteiger partial charge in [0.05, 0.1) is 6.54 Å². The van der Waals surface area contributed by atoms with Crippen LogP contribution in [0.25, 0.3) is 0 Å². The Morgan fingerprint density at radius 3 is 2.50 bits per heavy atom. The second kappa shape index (κ2) is 5.90. The van der Waals surface area contributed by atoms with Crippen LogP contribution in [0.1, 0.15) is 16.1 Å². The maximum Gasteiger partial charge on any atom is 0.251 e. The van der Waals surface area contributed by atoms with Crippen molar-refractivity contribution in [2.45, 2.75) is 6.54 Å². The van der Waals surface area contributed by atoms with E-state index in [-0.39, 0.29) is 5.91 Å². The number of carbonyl (C=O) groups excluding carboxylic acids is 1. The van der Waals surface area contributed by atoms with E-state index >= 15 is 0 Å². The largest absolute Gasteiger partial charge is 0.454 e. The summed E-state index contributed by atoms with van der Waals surface area (Å²) in [6.45, 7) is 0.627. The highest BCUT2D eigenvalue weighted by Crippen LogP contribution is 2.14. The number of amides is 1. The molecule has 0 fully saturated rings. The molecule has 4 nitrogen and oxygen atoms in total. The molecule has 0 bridgehead atoms. The number of hydrogen-bond acceptors (Lipinski definition) is 3. The number of hydrogen-bond donors (Lipinski definition) is 2. The Kier molecular flexibility index (Phi) is 4.24. The predicted octanol–water partition coefficient (Wildman–Crippen LogP) is 2.86. The van der Waals surface area contributed by atoms with Crippen molar-refractivity contribution in [3.8, 4) is 0 Å². The molecule has 1 amide bonds. The fraction of sp³-hybridized carbons (Fsp3) is 0.154. The van der Waals surface area contributed by atoms with E-state index in [0.29, 0.717) is 12.1 Å². The standard InChI is InChI=1S/C13H13IN2O2/c1-15-13(17)9-2-4-10(5-3-9)16-8-11-6-7-12(14)18-11/h2-7,16H,8H2,1H3,(H,15,17). The van der Waals surface area contributed by atoms with Gasteiger partial charge < -0.3 is 15.1 Å². The zero-order valence-corrected chi connectivity index (χ0v) is 12.0. The summed E-state index contributed by atoms with van der Waals surface area (Å²) in [5.74, 6) is 0.803. The SMILES string of the molecule is CNC(=O)c1ccc(NCc2ccc(I)o2)cc1. The van der Waals surface area contributed by atoms with Gasteiger partial charge in [0, 0.05) is 18.3 Å². The minimum absolute atomic E-state index is 0.0814. The lowest BCUT2D eigenvalue weighted by atomic mass is 10.2. The number of furan rings is 1. The van der Waals surface area contributed by atoms with Crippen molar-refractivity contribution in [3.63, 3.8) is 0 Å². The molecule has 2 N–H and O–H groups in total. The van der Waals surface area contributed by atoms with E-state index in [1.807, 2.05) is 24.3 Å². The summed E-state index contributed by atoms with van der Waals surface area (Å²) in [6, 6.07) is 11.2. The Labute approximate surface area is 119 Å². The highest BCUT2D eigenvalue weighted by atomic mass is 127. The van der Waals surface area contributed by atoms with Gasteiger partial charge >= 0.3 is 0 Å². The molecule has 2 aromatic rings. The van der Waals surface area contributed by atoms with Gasteiger partial charge in [0.2, 0.25) is 0 Å². The first-order chi connectivity index (χ1) is 8.69. The van der Waals surface area contributed by atoms with E-state index in [4.69, 9.17) is 4.42 Å². The fourth-order valence-corrected chi connectivity index (χ4v) is 1.98. The van der Waals surface area contributed by atoms with Crippen molar-refractivity contribution >= 4 is 34.2 Å². The molecule has 0 unspecified atom stereocenters. The van der Waals surface area contributed by atoms with Crippen molar-refractivity contribution in [1.29, 1.82) is 0 Å². The number of halogens is 1. The third-order valence-electron chi connectivity index (χ3n) is 2.47. The summed E-state index contributed by atoms with van der Waals surface area (Å²) < 4.78 is 6.32. The molecule has 0 saturated carbocycles. The van der Waals surface area contributed by atoms with Crippen LogP contribution in [0.5, 0.6) is 0 Å². The minimum Gasteiger partial charge on any atom is -0.454 e. The lowest BCUT2D eigenvalue weighted by Crippen LogP contribution is -2.17. The Hall–Kier alpha value is -1.50. The maximum atomic E-state index is 11.4. The second-order valence-electron chi connectivity index (χ2n) is 3.72. The van der Waals surface area contributed by atoms with Crippen molar-refractivity contribution in [2.24, 2.45) is 0 Å². The molecular formula is C13H13IN2O2. The number of benzene rings is 1. The second-order valence-corrected chi connectivity index (χ2v) is 4.78. The monoisotopic (exact) mass is 356 g/mol. The fourth-order valence-electron chi connectivity index (χ4n) is 1.52. The third-order valence-corrected chi connectivity index (χ3v) is 3.05. The van der Waals surface area contributed by atoms with Crippen molar-refractivity contribution < 1.29 is 9.21 Å². The summed E-state index contributed by atoms with van der Waals surface area (Å²) in [4.78, 5) is 11.4. The summed E-state index contributed by atoms with van der Waals surface area (Å²) in [5, 5.41) is 5.82. The van der Waals surface area contributed by atoms with Gasteiger partial charge in [-0.15, -0.1) is 0 Å². The van der Waals surface area contributed by atoms with Crippen molar-refractivity contribution in [3.05, 3.63) is 51.5 Å². The molecule has 18 heavy (non-hydrogen) atoms. The summed E-state index contributed by atoms with van der Waals surface area (Å²) in [7, 11) is 1.62. The average Bonchev–Trinajstić information content (AvgIpc) is 2.82. The highest BCUT2D eigenvalue weighted by molar-refractivity contribution is 14.1. The summed E-state index contributed by atoms with van der Waals surface area (Å²) >= 11 is 2.13. The summed E-state index contributed by atoms with van der Waals surface area (Å²) in [6.07, 6.45) is 0. The molecule has 0 aliphatic heterocycles. The first-order valence-electron chi connectivity index (χ1n) is 5.49. The molecule has 1 aromatic heterocycles. The Balaban J connectivity index is 1.96. The number of nitrogens with one attached hydrogen (secondary N) is 2. The molecule has 1 heterocycles. The molecule has 1 aromatic carbocycles. The van der Waals surface area contributed by atoms with Gasteiger partial charge in [-0.05, 0) is 59.0 Å². The lowest BCUT2D eigenvalue weighted by Gasteiger charge is -2.05. The van der Waals surface area contributed by atoms with Crippen molar-refractivity contribution in [1.82, 2.24) is 5.32 Å². The van der Waals surface area contributed by atoms with Gasteiger partial charge in [-0.2, -0.15) is 0 Å². The van der Waals surface area contributed by atoms with E-state index in [1.54, 1.807) is 19.2 Å². The smallest absolute Gasteiger partial charge is 0.251 e. The molecular weight excluding hydrogens is 343 g/mol. The normalized spacial score (nSPS) is 10.1. The Morgan fingerprint density at radius 1 is 1.22 bits per heavy atom. The lowest BCUT2D eigenvalue weighted by molar-refractivity contribution is 0.0963. The van der Waals surface area contributed by atoms with E-state index in [9.17, 15) is 4.79 Å². The quantitative estimate of drug-likeness (QED) is 0.829. The van der Waals surface area contributed by atoms with Gasteiger partial charge in [0.15, 0.2) is 3.77 Å². The topological polar surface area (TPSA) is 54.3 Å². The van der Waals surface area contributed by atoms with Crippen LogP contribution in [0.15, 0.2) is 40.8 Å². The van der Waals surface area contributed by atoms with E-state index in [2.05, 4.69) is 33.2 Å². The number of anilines is 1. The highest BCUT2D eigenvalue weighted by Gasteiger charge is 2.03. The molecule has 0 aliphatic carbocycles. The molecule has 94 valence electrons. The van der Waals surface area contributed by atoms with E-state index in [0.717, 1.165) is 15.2 Å². The number of rotatable bonds is 4. The Morgan fingerprint density at radius 2 is 1.94 bits per heavy atom. The average molecular weight is 356 g/mol. The minimum atomic E-state index is -0.0814. The maximum absolute atomic E-state index is 11.4. The van der Waals surface area contributed by atoms with Crippen LogP contribution in [-0.2, 0) is 6.54 Å². The van der Waals surface area contributed by atoms with Gasteiger partial charge in [-0.25, -0.2) is 0 Å². The molecule has 0 aliphatic rings.